The van der Waals surface area contributed by atoms with Crippen LogP contribution in [0.25, 0.3) is 0 Å². The van der Waals surface area contributed by atoms with Gasteiger partial charge in [0.15, 0.2) is 0 Å². The fourth-order valence-electron chi connectivity index (χ4n) is 2.13. The summed E-state index contributed by atoms with van der Waals surface area (Å²) in [6, 6.07) is 5.90. The number of piperazine rings is 1. The zero-order chi connectivity index (χ0) is 14.0. The molecular formula is C12H15BrN2O3S. The van der Waals surface area contributed by atoms with Gasteiger partial charge in [0.2, 0.25) is 15.9 Å². The second-order valence-corrected chi connectivity index (χ2v) is 7.09. The highest BCUT2D eigenvalue weighted by molar-refractivity contribution is 9.10. The largest absolute Gasteiger partial charge is 0.353 e. The quantitative estimate of drug-likeness (QED) is 0.898. The van der Waals surface area contributed by atoms with Gasteiger partial charge in [-0.05, 0) is 24.6 Å². The van der Waals surface area contributed by atoms with Crippen LogP contribution in [-0.2, 0) is 14.8 Å². The van der Waals surface area contributed by atoms with Gasteiger partial charge in [-0.1, -0.05) is 28.9 Å². The molecule has 104 valence electrons. The summed E-state index contributed by atoms with van der Waals surface area (Å²) in [4.78, 5) is 12.0. The predicted molar refractivity (Wildman–Crippen MR) is 75.1 cm³/mol. The molecule has 0 bridgehead atoms. The molecule has 1 heterocycles. The molecule has 1 aromatic rings. The van der Waals surface area contributed by atoms with E-state index in [0.29, 0.717) is 24.0 Å². The SMILES string of the molecule is CCC1C(=O)NCCN1S(=O)(=O)c1cccc(Br)c1. The molecule has 1 aliphatic rings. The highest BCUT2D eigenvalue weighted by Crippen LogP contribution is 2.23. The van der Waals surface area contributed by atoms with Gasteiger partial charge in [-0.2, -0.15) is 4.31 Å². The van der Waals surface area contributed by atoms with Gasteiger partial charge >= 0.3 is 0 Å². The van der Waals surface area contributed by atoms with Crippen molar-refractivity contribution in [2.75, 3.05) is 13.1 Å². The van der Waals surface area contributed by atoms with Crippen molar-refractivity contribution < 1.29 is 13.2 Å². The number of nitrogens with zero attached hydrogens (tertiary/aromatic N) is 1. The Kier molecular flexibility index (Phi) is 4.27. The van der Waals surface area contributed by atoms with Gasteiger partial charge < -0.3 is 5.32 Å². The third-order valence-corrected chi connectivity index (χ3v) is 5.47. The van der Waals surface area contributed by atoms with E-state index < -0.39 is 16.1 Å². The maximum atomic E-state index is 12.6. The summed E-state index contributed by atoms with van der Waals surface area (Å²) in [7, 11) is -3.64. The molecule has 1 aromatic carbocycles. The number of rotatable bonds is 3. The standard InChI is InChI=1S/C12H15BrN2O3S/c1-2-11-12(16)14-6-7-15(11)19(17,18)10-5-3-4-9(13)8-10/h3-5,8,11H,2,6-7H2,1H3,(H,14,16). The van der Waals surface area contributed by atoms with Crippen LogP contribution in [0.15, 0.2) is 33.6 Å². The Hall–Kier alpha value is -0.920. The summed E-state index contributed by atoms with van der Waals surface area (Å²) in [5.41, 5.74) is 0. The number of carbonyl (C=O) groups excluding carboxylic acids is 1. The molecule has 0 aliphatic carbocycles. The van der Waals surface area contributed by atoms with Crippen LogP contribution in [0, 0.1) is 0 Å². The van der Waals surface area contributed by atoms with Crippen LogP contribution in [0.4, 0.5) is 0 Å². The summed E-state index contributed by atoms with van der Waals surface area (Å²) in [5, 5.41) is 2.69. The number of hydrogen-bond acceptors (Lipinski definition) is 3. The van der Waals surface area contributed by atoms with E-state index in [1.54, 1.807) is 31.2 Å². The summed E-state index contributed by atoms with van der Waals surface area (Å²) in [5.74, 6) is -0.229. The van der Waals surface area contributed by atoms with Crippen molar-refractivity contribution in [3.05, 3.63) is 28.7 Å². The van der Waals surface area contributed by atoms with E-state index in [1.165, 1.54) is 4.31 Å². The summed E-state index contributed by atoms with van der Waals surface area (Å²) >= 11 is 3.26. The van der Waals surface area contributed by atoms with E-state index in [4.69, 9.17) is 0 Å². The first-order valence-corrected chi connectivity index (χ1v) is 8.25. The average molecular weight is 347 g/mol. The molecular weight excluding hydrogens is 332 g/mol. The monoisotopic (exact) mass is 346 g/mol. The van der Waals surface area contributed by atoms with E-state index in [0.717, 1.165) is 0 Å². The summed E-state index contributed by atoms with van der Waals surface area (Å²) < 4.78 is 27.1. The zero-order valence-electron chi connectivity index (χ0n) is 10.5. The Labute approximate surface area is 121 Å². The first kappa shape index (κ1) is 14.5. The number of nitrogens with one attached hydrogen (secondary N) is 1. The number of benzene rings is 1. The summed E-state index contributed by atoms with van der Waals surface area (Å²) in [6.07, 6.45) is 0.457. The van der Waals surface area contributed by atoms with Crippen LogP contribution in [-0.4, -0.2) is 37.8 Å². The molecule has 2 rings (SSSR count). The number of amides is 1. The van der Waals surface area contributed by atoms with Crippen molar-refractivity contribution in [2.24, 2.45) is 0 Å². The molecule has 1 amide bonds. The molecule has 0 aromatic heterocycles. The van der Waals surface area contributed by atoms with E-state index >= 15 is 0 Å². The second kappa shape index (κ2) is 5.60. The minimum Gasteiger partial charge on any atom is -0.353 e. The Morgan fingerprint density at radius 2 is 2.21 bits per heavy atom. The Morgan fingerprint density at radius 1 is 1.47 bits per heavy atom. The zero-order valence-corrected chi connectivity index (χ0v) is 12.9. The molecule has 5 nitrogen and oxygen atoms in total. The lowest BCUT2D eigenvalue weighted by Crippen LogP contribution is -2.56. The summed E-state index contributed by atoms with van der Waals surface area (Å²) in [6.45, 7) is 2.46. The molecule has 0 spiro atoms. The smallest absolute Gasteiger partial charge is 0.243 e. The van der Waals surface area contributed by atoms with Crippen LogP contribution >= 0.6 is 15.9 Å². The van der Waals surface area contributed by atoms with E-state index in [9.17, 15) is 13.2 Å². The third kappa shape index (κ3) is 2.82. The average Bonchev–Trinajstić information content (AvgIpc) is 2.38. The van der Waals surface area contributed by atoms with Crippen molar-refractivity contribution in [1.29, 1.82) is 0 Å². The van der Waals surface area contributed by atoms with Crippen molar-refractivity contribution in [3.8, 4) is 0 Å². The fourth-order valence-corrected chi connectivity index (χ4v) is 4.39. The van der Waals surface area contributed by atoms with Crippen LogP contribution in [0.2, 0.25) is 0 Å². The van der Waals surface area contributed by atoms with Gasteiger partial charge in [0.1, 0.15) is 6.04 Å². The van der Waals surface area contributed by atoms with E-state index in [2.05, 4.69) is 21.2 Å². The lowest BCUT2D eigenvalue weighted by Gasteiger charge is -2.33. The van der Waals surface area contributed by atoms with Crippen molar-refractivity contribution in [1.82, 2.24) is 9.62 Å². The van der Waals surface area contributed by atoms with E-state index in [-0.39, 0.29) is 10.8 Å². The molecule has 1 N–H and O–H groups in total. The van der Waals surface area contributed by atoms with Gasteiger partial charge in [0.25, 0.3) is 0 Å². The van der Waals surface area contributed by atoms with Crippen LogP contribution in [0.3, 0.4) is 0 Å². The topological polar surface area (TPSA) is 66.5 Å². The number of hydrogen-bond donors (Lipinski definition) is 1. The molecule has 0 radical (unpaired) electrons. The molecule has 1 aliphatic heterocycles. The van der Waals surface area contributed by atoms with Gasteiger partial charge in [0.05, 0.1) is 4.90 Å². The molecule has 0 saturated carbocycles. The molecule has 1 unspecified atom stereocenters. The lowest BCUT2D eigenvalue weighted by molar-refractivity contribution is -0.126. The second-order valence-electron chi connectivity index (χ2n) is 4.29. The first-order chi connectivity index (χ1) is 8.96. The predicted octanol–water partition coefficient (Wildman–Crippen LogP) is 1.35. The van der Waals surface area contributed by atoms with Crippen molar-refractivity contribution >= 4 is 31.9 Å². The van der Waals surface area contributed by atoms with Crippen LogP contribution in [0.1, 0.15) is 13.3 Å². The van der Waals surface area contributed by atoms with E-state index in [1.807, 2.05) is 0 Å². The molecule has 7 heteroatoms. The van der Waals surface area contributed by atoms with Crippen molar-refractivity contribution in [3.63, 3.8) is 0 Å². The van der Waals surface area contributed by atoms with Crippen LogP contribution < -0.4 is 5.32 Å². The fraction of sp³-hybridized carbons (Fsp3) is 0.417. The molecule has 19 heavy (non-hydrogen) atoms. The maximum Gasteiger partial charge on any atom is 0.243 e. The highest BCUT2D eigenvalue weighted by atomic mass is 79.9. The minimum absolute atomic E-state index is 0.204. The first-order valence-electron chi connectivity index (χ1n) is 6.02. The maximum absolute atomic E-state index is 12.6. The Balaban J connectivity index is 2.40. The highest BCUT2D eigenvalue weighted by Gasteiger charge is 2.37. The van der Waals surface area contributed by atoms with Gasteiger partial charge in [0, 0.05) is 17.6 Å². The minimum atomic E-state index is -3.64. The van der Waals surface area contributed by atoms with Crippen LogP contribution in [0.5, 0.6) is 0 Å². The van der Waals surface area contributed by atoms with Gasteiger partial charge in [-0.25, -0.2) is 8.42 Å². The molecule has 1 atom stereocenters. The van der Waals surface area contributed by atoms with Gasteiger partial charge in [-0.15, -0.1) is 0 Å². The molecule has 1 fully saturated rings. The number of halogens is 1. The number of carbonyl (C=O) groups is 1. The van der Waals surface area contributed by atoms with Crippen molar-refractivity contribution in [2.45, 2.75) is 24.3 Å². The normalized spacial score (nSPS) is 21.2. The Morgan fingerprint density at radius 3 is 2.84 bits per heavy atom. The lowest BCUT2D eigenvalue weighted by atomic mass is 10.2. The van der Waals surface area contributed by atoms with Gasteiger partial charge in [-0.3, -0.25) is 4.79 Å². The molecule has 1 saturated heterocycles. The Bertz CT molecular complexity index is 588. The number of sulfonamides is 1. The third-order valence-electron chi connectivity index (χ3n) is 3.07.